The van der Waals surface area contributed by atoms with E-state index >= 15 is 0 Å². The standard InChI is InChI=1S/C9H11NO3S/c1-7(11)13-6-8(12)10(2)9-4-3-5-14-9/h3-5H,6H2,1-2H3. The van der Waals surface area contributed by atoms with Crippen LogP contribution in [0.25, 0.3) is 0 Å². The van der Waals surface area contributed by atoms with E-state index < -0.39 is 5.97 Å². The number of nitrogens with zero attached hydrogens (tertiary/aromatic N) is 1. The molecule has 0 aliphatic heterocycles. The second-order valence-electron chi connectivity index (χ2n) is 2.68. The zero-order valence-corrected chi connectivity index (χ0v) is 8.84. The first kappa shape index (κ1) is 10.7. The Morgan fingerprint density at radius 3 is 2.79 bits per heavy atom. The Hall–Kier alpha value is -1.36. The van der Waals surface area contributed by atoms with Crippen LogP contribution >= 0.6 is 11.3 Å². The third-order valence-electron chi connectivity index (χ3n) is 1.61. The van der Waals surface area contributed by atoms with Crippen LogP contribution in [0.1, 0.15) is 6.92 Å². The summed E-state index contributed by atoms with van der Waals surface area (Å²) in [6.07, 6.45) is 0. The molecule has 0 aliphatic rings. The van der Waals surface area contributed by atoms with E-state index in [-0.39, 0.29) is 12.5 Å². The van der Waals surface area contributed by atoms with Gasteiger partial charge in [-0.15, -0.1) is 11.3 Å². The number of carbonyl (C=O) groups is 2. The molecule has 0 spiro atoms. The molecule has 4 nitrogen and oxygen atoms in total. The minimum absolute atomic E-state index is 0.205. The molecule has 0 aromatic carbocycles. The summed E-state index contributed by atoms with van der Waals surface area (Å²) in [6, 6.07) is 3.69. The molecule has 1 amide bonds. The van der Waals surface area contributed by atoms with E-state index in [4.69, 9.17) is 0 Å². The molecule has 0 aliphatic carbocycles. The van der Waals surface area contributed by atoms with Gasteiger partial charge in [-0.25, -0.2) is 0 Å². The number of ether oxygens (including phenoxy) is 1. The van der Waals surface area contributed by atoms with Crippen molar-refractivity contribution in [3.63, 3.8) is 0 Å². The van der Waals surface area contributed by atoms with Crippen molar-refractivity contribution in [2.45, 2.75) is 6.92 Å². The van der Waals surface area contributed by atoms with E-state index in [2.05, 4.69) is 4.74 Å². The third kappa shape index (κ3) is 2.85. The molecule has 1 aromatic heterocycles. The Labute approximate surface area is 86.1 Å². The quantitative estimate of drug-likeness (QED) is 0.710. The lowest BCUT2D eigenvalue weighted by atomic mass is 10.5. The first-order chi connectivity index (χ1) is 6.61. The number of rotatable bonds is 3. The monoisotopic (exact) mass is 213 g/mol. The molecule has 0 radical (unpaired) electrons. The maximum absolute atomic E-state index is 11.4. The van der Waals surface area contributed by atoms with Crippen LogP contribution in [0.3, 0.4) is 0 Å². The van der Waals surface area contributed by atoms with E-state index in [0.717, 1.165) is 5.00 Å². The molecule has 0 saturated carbocycles. The van der Waals surface area contributed by atoms with E-state index in [0.29, 0.717) is 0 Å². The summed E-state index contributed by atoms with van der Waals surface area (Å²) in [5.74, 6) is -0.680. The Morgan fingerprint density at radius 2 is 2.29 bits per heavy atom. The van der Waals surface area contributed by atoms with Gasteiger partial charge >= 0.3 is 5.97 Å². The summed E-state index contributed by atoms with van der Waals surface area (Å²) >= 11 is 1.46. The van der Waals surface area contributed by atoms with Gasteiger partial charge in [0, 0.05) is 14.0 Å². The van der Waals surface area contributed by atoms with Gasteiger partial charge in [-0.05, 0) is 17.5 Å². The second kappa shape index (κ2) is 4.76. The van der Waals surface area contributed by atoms with Crippen LogP contribution in [0.4, 0.5) is 5.00 Å². The molecule has 0 N–H and O–H groups in total. The smallest absolute Gasteiger partial charge is 0.303 e. The molecule has 1 heterocycles. The molecule has 0 fully saturated rings. The Bertz CT molecular complexity index is 321. The molecule has 0 bridgehead atoms. The number of thiophene rings is 1. The summed E-state index contributed by atoms with van der Waals surface area (Å²) < 4.78 is 4.60. The van der Waals surface area contributed by atoms with E-state index in [1.807, 2.05) is 17.5 Å². The number of hydrogen-bond donors (Lipinski definition) is 0. The number of esters is 1. The Balaban J connectivity index is 2.49. The molecule has 14 heavy (non-hydrogen) atoms. The van der Waals surface area contributed by atoms with Gasteiger partial charge in [0.15, 0.2) is 6.61 Å². The van der Waals surface area contributed by atoms with E-state index in [1.165, 1.54) is 23.2 Å². The number of carbonyl (C=O) groups excluding carboxylic acids is 2. The minimum Gasteiger partial charge on any atom is -0.456 e. The van der Waals surface area contributed by atoms with Crippen LogP contribution in [0.15, 0.2) is 17.5 Å². The molecule has 5 heteroatoms. The maximum atomic E-state index is 11.4. The zero-order chi connectivity index (χ0) is 10.6. The number of anilines is 1. The van der Waals surface area contributed by atoms with Crippen LogP contribution in [0.2, 0.25) is 0 Å². The highest BCUT2D eigenvalue weighted by Crippen LogP contribution is 2.19. The van der Waals surface area contributed by atoms with Crippen LogP contribution in [0.5, 0.6) is 0 Å². The fraction of sp³-hybridized carbons (Fsp3) is 0.333. The van der Waals surface area contributed by atoms with E-state index in [1.54, 1.807) is 7.05 Å². The first-order valence-electron chi connectivity index (χ1n) is 4.04. The SMILES string of the molecule is CC(=O)OCC(=O)N(C)c1cccs1. The van der Waals surface area contributed by atoms with Gasteiger partial charge in [-0.3, -0.25) is 9.59 Å². The lowest BCUT2D eigenvalue weighted by Crippen LogP contribution is -2.30. The van der Waals surface area contributed by atoms with Gasteiger partial charge in [0.1, 0.15) is 0 Å². The van der Waals surface area contributed by atoms with Gasteiger partial charge in [-0.2, -0.15) is 0 Å². The van der Waals surface area contributed by atoms with Crippen molar-refractivity contribution in [3.05, 3.63) is 17.5 Å². The average Bonchev–Trinajstić information content (AvgIpc) is 2.65. The fourth-order valence-electron chi connectivity index (χ4n) is 0.844. The van der Waals surface area contributed by atoms with Crippen molar-refractivity contribution >= 4 is 28.2 Å². The predicted octanol–water partition coefficient (Wildman–Crippen LogP) is 1.27. The second-order valence-corrected chi connectivity index (χ2v) is 3.61. The number of hydrogen-bond acceptors (Lipinski definition) is 4. The minimum atomic E-state index is -0.446. The van der Waals surface area contributed by atoms with Crippen molar-refractivity contribution in [3.8, 4) is 0 Å². The summed E-state index contributed by atoms with van der Waals surface area (Å²) in [6.45, 7) is 1.07. The van der Waals surface area contributed by atoms with Gasteiger partial charge in [-0.1, -0.05) is 0 Å². The largest absolute Gasteiger partial charge is 0.456 e. The molecule has 1 aromatic rings. The van der Waals surface area contributed by atoms with Crippen LogP contribution in [0, 0.1) is 0 Å². The van der Waals surface area contributed by atoms with Gasteiger partial charge in [0.25, 0.3) is 5.91 Å². The van der Waals surface area contributed by atoms with E-state index in [9.17, 15) is 9.59 Å². The predicted molar refractivity (Wildman–Crippen MR) is 54.4 cm³/mol. The highest BCUT2D eigenvalue weighted by Gasteiger charge is 2.12. The van der Waals surface area contributed by atoms with Gasteiger partial charge in [0.2, 0.25) is 0 Å². The lowest BCUT2D eigenvalue weighted by molar-refractivity contribution is -0.145. The Morgan fingerprint density at radius 1 is 1.57 bits per heavy atom. The molecule has 0 saturated heterocycles. The molecular formula is C9H11NO3S. The van der Waals surface area contributed by atoms with Crippen molar-refractivity contribution in [2.24, 2.45) is 0 Å². The normalized spacial score (nSPS) is 9.57. The van der Waals surface area contributed by atoms with Crippen LogP contribution < -0.4 is 4.90 Å². The summed E-state index contributed by atoms with van der Waals surface area (Å²) in [7, 11) is 1.65. The molecule has 0 atom stereocenters. The molecule has 0 unspecified atom stereocenters. The summed E-state index contributed by atoms with van der Waals surface area (Å²) in [4.78, 5) is 23.3. The van der Waals surface area contributed by atoms with Crippen LogP contribution in [-0.2, 0) is 14.3 Å². The molecule has 1 rings (SSSR count). The molecule has 76 valence electrons. The fourth-order valence-corrected chi connectivity index (χ4v) is 1.56. The van der Waals surface area contributed by atoms with Crippen molar-refractivity contribution in [1.29, 1.82) is 0 Å². The topological polar surface area (TPSA) is 46.6 Å². The lowest BCUT2D eigenvalue weighted by Gasteiger charge is -2.14. The van der Waals surface area contributed by atoms with Crippen molar-refractivity contribution in [1.82, 2.24) is 0 Å². The average molecular weight is 213 g/mol. The highest BCUT2D eigenvalue weighted by atomic mass is 32.1. The van der Waals surface area contributed by atoms with Gasteiger partial charge in [0.05, 0.1) is 5.00 Å². The Kier molecular flexibility index (Phi) is 3.64. The zero-order valence-electron chi connectivity index (χ0n) is 8.02. The number of amides is 1. The molecular weight excluding hydrogens is 202 g/mol. The van der Waals surface area contributed by atoms with Crippen molar-refractivity contribution < 1.29 is 14.3 Å². The summed E-state index contributed by atoms with van der Waals surface area (Å²) in [5.41, 5.74) is 0. The maximum Gasteiger partial charge on any atom is 0.303 e. The number of likely N-dealkylation sites (N-methyl/N-ethyl adjacent to an activating group) is 1. The van der Waals surface area contributed by atoms with Crippen LogP contribution in [-0.4, -0.2) is 25.5 Å². The summed E-state index contributed by atoms with van der Waals surface area (Å²) in [5, 5.41) is 2.72. The first-order valence-corrected chi connectivity index (χ1v) is 4.92. The van der Waals surface area contributed by atoms with Crippen molar-refractivity contribution in [2.75, 3.05) is 18.6 Å². The third-order valence-corrected chi connectivity index (χ3v) is 2.55. The highest BCUT2D eigenvalue weighted by molar-refractivity contribution is 7.14. The van der Waals surface area contributed by atoms with Gasteiger partial charge < -0.3 is 9.64 Å².